The van der Waals surface area contributed by atoms with E-state index in [0.717, 1.165) is 31.2 Å². The lowest BCUT2D eigenvalue weighted by molar-refractivity contribution is 0.367. The summed E-state index contributed by atoms with van der Waals surface area (Å²) in [5.41, 5.74) is 1.84. The Balaban J connectivity index is 1.91. The Kier molecular flexibility index (Phi) is 5.27. The second-order valence-electron chi connectivity index (χ2n) is 7.11. The van der Waals surface area contributed by atoms with E-state index in [-0.39, 0.29) is 10.8 Å². The van der Waals surface area contributed by atoms with Gasteiger partial charge >= 0.3 is 0 Å². The van der Waals surface area contributed by atoms with Crippen LogP contribution >= 0.6 is 11.6 Å². The maximum absolute atomic E-state index is 12.1. The monoisotopic (exact) mass is 416 g/mol. The second-order valence-corrected chi connectivity index (χ2v) is 9.08. The Morgan fingerprint density at radius 2 is 1.68 bits per heavy atom. The van der Waals surface area contributed by atoms with E-state index < -0.39 is 10.0 Å². The van der Waals surface area contributed by atoms with Crippen molar-refractivity contribution in [2.45, 2.75) is 42.9 Å². The first kappa shape index (κ1) is 19.2. The molecule has 0 saturated heterocycles. The molecule has 1 aliphatic rings. The highest BCUT2D eigenvalue weighted by atomic mass is 35.5. The summed E-state index contributed by atoms with van der Waals surface area (Å²) in [6, 6.07) is 13.9. The molecule has 2 N–H and O–H groups in total. The lowest BCUT2D eigenvalue weighted by atomic mass is 9.89. The fraction of sp³-hybridized carbons (Fsp3) is 0.286. The predicted molar refractivity (Wildman–Crippen MR) is 110 cm³/mol. The lowest BCUT2D eigenvalue weighted by Crippen LogP contribution is -2.13. The summed E-state index contributed by atoms with van der Waals surface area (Å²) >= 11 is 6.03. The zero-order valence-electron chi connectivity index (χ0n) is 15.3. The molecule has 1 aromatic heterocycles. The van der Waals surface area contributed by atoms with E-state index in [2.05, 4.69) is 0 Å². The van der Waals surface area contributed by atoms with Crippen LogP contribution in [0, 0.1) is 0 Å². The molecule has 146 valence electrons. The molecule has 0 aliphatic heterocycles. The highest BCUT2D eigenvalue weighted by Crippen LogP contribution is 2.40. The zero-order chi connectivity index (χ0) is 19.7. The maximum atomic E-state index is 12.1. The number of oxazole rings is 1. The summed E-state index contributed by atoms with van der Waals surface area (Å²) in [5.74, 6) is 1.33. The van der Waals surface area contributed by atoms with Crippen molar-refractivity contribution in [3.63, 3.8) is 0 Å². The minimum absolute atomic E-state index is 0.0246. The minimum Gasteiger partial charge on any atom is -0.440 e. The van der Waals surface area contributed by atoms with Gasteiger partial charge in [-0.1, -0.05) is 55.1 Å². The topological polar surface area (TPSA) is 86.2 Å². The van der Waals surface area contributed by atoms with E-state index in [4.69, 9.17) is 26.1 Å². The van der Waals surface area contributed by atoms with Crippen LogP contribution in [0.3, 0.4) is 0 Å². The third kappa shape index (κ3) is 3.85. The Labute approximate surface area is 169 Å². The first-order valence-corrected chi connectivity index (χ1v) is 11.2. The number of nitrogens with two attached hydrogens (primary N) is 1. The summed E-state index contributed by atoms with van der Waals surface area (Å²) in [6.07, 6.45) is 5.56. The molecule has 0 bridgehead atoms. The Hall–Kier alpha value is -2.15. The van der Waals surface area contributed by atoms with Gasteiger partial charge < -0.3 is 4.42 Å². The predicted octanol–water partition coefficient (Wildman–Crippen LogP) is 5.36. The summed E-state index contributed by atoms with van der Waals surface area (Å²) in [4.78, 5) is 4.81. The molecule has 1 saturated carbocycles. The standard InChI is InChI=1S/C21H21ClN2O3S/c22-16-12-10-14(11-13-16)19-20(17-8-4-5-9-18(17)28(23,25)26)27-21(24-19)15-6-2-1-3-7-15/h4-5,8-13,15H,1-3,6-7H2,(H2,23,25,26). The van der Waals surface area contributed by atoms with Crippen molar-refractivity contribution in [3.05, 3.63) is 59.4 Å². The Morgan fingerprint density at radius 1 is 1.00 bits per heavy atom. The fourth-order valence-corrected chi connectivity index (χ4v) is 4.61. The molecule has 0 spiro atoms. The van der Waals surface area contributed by atoms with Crippen molar-refractivity contribution in [3.8, 4) is 22.6 Å². The summed E-state index contributed by atoms with van der Waals surface area (Å²) in [6.45, 7) is 0. The van der Waals surface area contributed by atoms with Crippen molar-refractivity contribution in [2.24, 2.45) is 5.14 Å². The number of rotatable bonds is 4. The van der Waals surface area contributed by atoms with Gasteiger partial charge in [0.15, 0.2) is 11.7 Å². The first-order chi connectivity index (χ1) is 13.4. The lowest BCUT2D eigenvalue weighted by Gasteiger charge is -2.18. The molecule has 1 heterocycles. The van der Waals surface area contributed by atoms with Gasteiger partial charge in [-0.3, -0.25) is 0 Å². The highest BCUT2D eigenvalue weighted by molar-refractivity contribution is 7.89. The Morgan fingerprint density at radius 3 is 2.36 bits per heavy atom. The molecular weight excluding hydrogens is 396 g/mol. The fourth-order valence-electron chi connectivity index (χ4n) is 3.75. The molecule has 7 heteroatoms. The van der Waals surface area contributed by atoms with Crippen molar-refractivity contribution >= 4 is 21.6 Å². The summed E-state index contributed by atoms with van der Waals surface area (Å²) in [7, 11) is -3.91. The van der Waals surface area contributed by atoms with E-state index in [1.165, 1.54) is 12.5 Å². The van der Waals surface area contributed by atoms with Gasteiger partial charge in [0.1, 0.15) is 5.69 Å². The van der Waals surface area contributed by atoms with Crippen LogP contribution in [0.1, 0.15) is 43.9 Å². The Bertz CT molecular complexity index is 1090. The number of sulfonamides is 1. The third-order valence-electron chi connectivity index (χ3n) is 5.15. The number of halogens is 1. The van der Waals surface area contributed by atoms with Crippen LogP contribution in [0.15, 0.2) is 57.8 Å². The van der Waals surface area contributed by atoms with Crippen molar-refractivity contribution in [1.29, 1.82) is 0 Å². The number of aromatic nitrogens is 1. The molecule has 1 aliphatic carbocycles. The van der Waals surface area contributed by atoms with Gasteiger partial charge in [0.2, 0.25) is 10.0 Å². The zero-order valence-corrected chi connectivity index (χ0v) is 16.8. The summed E-state index contributed by atoms with van der Waals surface area (Å²) < 4.78 is 30.4. The number of benzene rings is 2. The van der Waals surface area contributed by atoms with E-state index >= 15 is 0 Å². The molecule has 0 unspecified atom stereocenters. The van der Waals surface area contributed by atoms with Crippen molar-refractivity contribution in [2.75, 3.05) is 0 Å². The van der Waals surface area contributed by atoms with Gasteiger partial charge in [0.25, 0.3) is 0 Å². The van der Waals surface area contributed by atoms with Gasteiger partial charge in [0, 0.05) is 22.1 Å². The quantitative estimate of drug-likeness (QED) is 0.620. The van der Waals surface area contributed by atoms with Crippen LogP contribution in [-0.2, 0) is 10.0 Å². The van der Waals surface area contributed by atoms with E-state index in [1.807, 2.05) is 12.1 Å². The molecule has 1 fully saturated rings. The van der Waals surface area contributed by atoms with Gasteiger partial charge in [-0.2, -0.15) is 0 Å². The van der Waals surface area contributed by atoms with Crippen LogP contribution in [0.2, 0.25) is 5.02 Å². The van der Waals surface area contributed by atoms with Crippen molar-refractivity contribution in [1.82, 2.24) is 4.98 Å². The van der Waals surface area contributed by atoms with Crippen LogP contribution in [0.5, 0.6) is 0 Å². The third-order valence-corrected chi connectivity index (χ3v) is 6.38. The van der Waals surface area contributed by atoms with E-state index in [9.17, 15) is 8.42 Å². The van der Waals surface area contributed by atoms with Gasteiger partial charge in [-0.15, -0.1) is 0 Å². The molecule has 3 aromatic rings. The van der Waals surface area contributed by atoms with Crippen LogP contribution in [-0.4, -0.2) is 13.4 Å². The molecule has 0 radical (unpaired) electrons. The number of hydrogen-bond donors (Lipinski definition) is 1. The van der Waals surface area contributed by atoms with Gasteiger partial charge in [-0.05, 0) is 37.1 Å². The average Bonchev–Trinajstić information content (AvgIpc) is 3.14. The largest absolute Gasteiger partial charge is 0.440 e. The van der Waals surface area contributed by atoms with Crippen molar-refractivity contribution < 1.29 is 12.8 Å². The molecule has 28 heavy (non-hydrogen) atoms. The number of nitrogens with zero attached hydrogens (tertiary/aromatic N) is 1. The number of primary sulfonamides is 1. The van der Waals surface area contributed by atoms with Crippen LogP contribution in [0.25, 0.3) is 22.6 Å². The summed E-state index contributed by atoms with van der Waals surface area (Å²) in [5, 5.41) is 6.06. The molecular formula is C21H21ClN2O3S. The first-order valence-electron chi connectivity index (χ1n) is 9.32. The van der Waals surface area contributed by atoms with Crippen LogP contribution < -0.4 is 5.14 Å². The maximum Gasteiger partial charge on any atom is 0.238 e. The minimum atomic E-state index is -3.91. The SMILES string of the molecule is NS(=O)(=O)c1ccccc1-c1oc(C2CCCCC2)nc1-c1ccc(Cl)cc1. The molecule has 2 aromatic carbocycles. The van der Waals surface area contributed by atoms with Gasteiger partial charge in [0.05, 0.1) is 4.90 Å². The molecule has 4 rings (SSSR count). The molecule has 0 atom stereocenters. The smallest absolute Gasteiger partial charge is 0.238 e. The number of hydrogen-bond acceptors (Lipinski definition) is 4. The van der Waals surface area contributed by atoms with E-state index in [0.29, 0.717) is 27.9 Å². The van der Waals surface area contributed by atoms with Gasteiger partial charge in [-0.25, -0.2) is 18.5 Å². The molecule has 5 nitrogen and oxygen atoms in total. The van der Waals surface area contributed by atoms with Crippen LogP contribution in [0.4, 0.5) is 0 Å². The average molecular weight is 417 g/mol. The second kappa shape index (κ2) is 7.70. The van der Waals surface area contributed by atoms with E-state index in [1.54, 1.807) is 30.3 Å². The highest BCUT2D eigenvalue weighted by Gasteiger charge is 2.27. The molecule has 0 amide bonds. The normalized spacial score (nSPS) is 15.6.